The molecule has 0 saturated heterocycles. The first kappa shape index (κ1) is 21.7. The normalized spacial score (nSPS) is 43.0. The lowest BCUT2D eigenvalue weighted by molar-refractivity contribution is -0.200. The molecule has 29 heavy (non-hydrogen) atoms. The molecule has 0 heterocycles. The van der Waals surface area contributed by atoms with E-state index in [9.17, 15) is 4.79 Å². The van der Waals surface area contributed by atoms with Crippen LogP contribution in [0.1, 0.15) is 101 Å². The molecule has 0 radical (unpaired) electrons. The van der Waals surface area contributed by atoms with Gasteiger partial charge in [0.1, 0.15) is 5.60 Å². The van der Waals surface area contributed by atoms with Crippen molar-refractivity contribution in [3.63, 3.8) is 0 Å². The predicted molar refractivity (Wildman–Crippen MR) is 119 cm³/mol. The van der Waals surface area contributed by atoms with Crippen molar-refractivity contribution in [2.75, 3.05) is 0 Å². The fourth-order valence-electron chi connectivity index (χ4n) is 8.51. The molecule has 0 N–H and O–H groups in total. The Bertz CT molecular complexity index is 665. The van der Waals surface area contributed by atoms with E-state index < -0.39 is 5.41 Å². The third-order valence-corrected chi connectivity index (χ3v) is 10.1. The molecule has 2 nitrogen and oxygen atoms in total. The number of hydrogen-bond donors (Lipinski definition) is 0. The van der Waals surface area contributed by atoms with Crippen molar-refractivity contribution in [1.29, 1.82) is 0 Å². The van der Waals surface area contributed by atoms with E-state index in [-0.39, 0.29) is 22.4 Å². The van der Waals surface area contributed by atoms with E-state index in [1.165, 1.54) is 25.7 Å². The van der Waals surface area contributed by atoms with Gasteiger partial charge in [0.15, 0.2) is 0 Å². The lowest BCUT2D eigenvalue weighted by Gasteiger charge is -2.51. The third kappa shape index (κ3) is 3.13. The summed E-state index contributed by atoms with van der Waals surface area (Å²) in [4.78, 5) is 14.0. The predicted octanol–water partition coefficient (Wildman–Crippen LogP) is 7.12. The van der Waals surface area contributed by atoms with E-state index in [1.807, 2.05) is 0 Å². The van der Waals surface area contributed by atoms with E-state index in [2.05, 4.69) is 62.3 Å². The summed E-state index contributed by atoms with van der Waals surface area (Å²) in [5.74, 6) is 5.58. The molecule has 4 aliphatic carbocycles. The van der Waals surface area contributed by atoms with E-state index >= 15 is 0 Å². The molecule has 0 amide bonds. The Kier molecular flexibility index (Phi) is 4.85. The Morgan fingerprint density at radius 3 is 2.03 bits per heavy atom. The number of rotatable bonds is 4. The molecular weight excluding hydrogens is 356 g/mol. The van der Waals surface area contributed by atoms with Crippen LogP contribution in [0.4, 0.5) is 0 Å². The van der Waals surface area contributed by atoms with Crippen molar-refractivity contribution in [3.05, 3.63) is 0 Å². The molecule has 4 rings (SSSR count). The van der Waals surface area contributed by atoms with Crippen molar-refractivity contribution in [2.45, 2.75) is 106 Å². The molecule has 0 aromatic rings. The number of carbonyl (C=O) groups excluding carboxylic acids is 1. The Balaban J connectivity index is 1.63. The number of esters is 1. The first-order valence-corrected chi connectivity index (χ1v) is 12.4. The average Bonchev–Trinajstić information content (AvgIpc) is 3.30. The third-order valence-electron chi connectivity index (χ3n) is 10.1. The van der Waals surface area contributed by atoms with Crippen LogP contribution in [0, 0.1) is 57.7 Å². The summed E-state index contributed by atoms with van der Waals surface area (Å²) in [7, 11) is 0. The molecule has 2 heteroatoms. The van der Waals surface area contributed by atoms with Gasteiger partial charge in [-0.05, 0) is 91.8 Å². The van der Waals surface area contributed by atoms with Gasteiger partial charge in [-0.1, -0.05) is 55.4 Å². The molecule has 4 bridgehead atoms. The summed E-state index contributed by atoms with van der Waals surface area (Å²) in [6.07, 6.45) is 7.67. The molecule has 0 aromatic heterocycles. The molecule has 4 fully saturated rings. The lowest BCUT2D eigenvalue weighted by atomic mass is 9.60. The smallest absolute Gasteiger partial charge is 0.312 e. The minimum atomic E-state index is -0.469. The maximum Gasteiger partial charge on any atom is 0.312 e. The van der Waals surface area contributed by atoms with Crippen LogP contribution in [-0.2, 0) is 9.53 Å². The van der Waals surface area contributed by atoms with E-state index in [4.69, 9.17) is 4.74 Å². The van der Waals surface area contributed by atoms with Crippen LogP contribution in [0.25, 0.3) is 0 Å². The second kappa shape index (κ2) is 6.49. The van der Waals surface area contributed by atoms with Gasteiger partial charge in [0.05, 0.1) is 5.41 Å². The molecular formula is C27H46O2. The van der Waals surface area contributed by atoms with Gasteiger partial charge in [-0.25, -0.2) is 0 Å². The van der Waals surface area contributed by atoms with Crippen molar-refractivity contribution >= 4 is 5.97 Å². The first-order chi connectivity index (χ1) is 13.2. The zero-order valence-electron chi connectivity index (χ0n) is 20.6. The van der Waals surface area contributed by atoms with Crippen LogP contribution >= 0.6 is 0 Å². The molecule has 0 aromatic carbocycles. The van der Waals surface area contributed by atoms with Gasteiger partial charge in [-0.15, -0.1) is 0 Å². The van der Waals surface area contributed by atoms with Crippen molar-refractivity contribution < 1.29 is 9.53 Å². The zero-order chi connectivity index (χ0) is 21.6. The maximum atomic E-state index is 14.0. The quantitative estimate of drug-likeness (QED) is 0.370. The summed E-state index contributed by atoms with van der Waals surface area (Å²) < 4.78 is 6.81. The van der Waals surface area contributed by atoms with Crippen LogP contribution in [0.3, 0.4) is 0 Å². The van der Waals surface area contributed by atoms with Gasteiger partial charge in [0.2, 0.25) is 0 Å². The van der Waals surface area contributed by atoms with Gasteiger partial charge in [-0.3, -0.25) is 4.79 Å². The Labute approximate surface area is 179 Å². The van der Waals surface area contributed by atoms with Crippen LogP contribution in [0.2, 0.25) is 0 Å². The Morgan fingerprint density at radius 1 is 0.931 bits per heavy atom. The number of carbonyl (C=O) groups is 1. The van der Waals surface area contributed by atoms with Crippen LogP contribution in [-0.4, -0.2) is 11.6 Å². The zero-order valence-corrected chi connectivity index (χ0v) is 20.6. The maximum absolute atomic E-state index is 14.0. The summed E-state index contributed by atoms with van der Waals surface area (Å²) in [6, 6.07) is 0. The second-order valence-corrected chi connectivity index (χ2v) is 14.1. The summed E-state index contributed by atoms with van der Waals surface area (Å²) in [5, 5.41) is 0. The van der Waals surface area contributed by atoms with E-state index in [1.54, 1.807) is 0 Å². The van der Waals surface area contributed by atoms with Gasteiger partial charge in [0, 0.05) is 5.92 Å². The molecule has 166 valence electrons. The number of ether oxygens (including phenoxy) is 1. The summed E-state index contributed by atoms with van der Waals surface area (Å²) in [6.45, 7) is 20.2. The SMILES string of the molecule is CC(C)C1(OC(=O)C(C)(CC(C)(C)C)C(C)(C)C)CC2CC1C1C3CCC(C3)C21. The molecule has 4 aliphatic rings. The highest BCUT2D eigenvalue weighted by molar-refractivity contribution is 5.78. The Hall–Kier alpha value is -0.530. The fourth-order valence-corrected chi connectivity index (χ4v) is 8.51. The standard InChI is InChI=1S/C27H46O2/c1-16(2)27(29-23(28)26(9,25(6,7)8)15-24(3,4)5)14-19-13-20(27)22-18-11-10-17(12-18)21(19)22/h16-22H,10-15H2,1-9H3. The lowest BCUT2D eigenvalue weighted by Crippen LogP contribution is -2.55. The largest absolute Gasteiger partial charge is 0.458 e. The topological polar surface area (TPSA) is 26.3 Å². The van der Waals surface area contributed by atoms with E-state index in [0.29, 0.717) is 11.8 Å². The highest BCUT2D eigenvalue weighted by Crippen LogP contribution is 2.71. The monoisotopic (exact) mass is 402 g/mol. The Morgan fingerprint density at radius 2 is 1.52 bits per heavy atom. The van der Waals surface area contributed by atoms with Crippen molar-refractivity contribution in [2.24, 2.45) is 57.7 Å². The molecule has 0 aliphatic heterocycles. The minimum Gasteiger partial charge on any atom is -0.458 e. The van der Waals surface area contributed by atoms with Gasteiger partial charge >= 0.3 is 5.97 Å². The average molecular weight is 403 g/mol. The molecule has 8 unspecified atom stereocenters. The van der Waals surface area contributed by atoms with Crippen LogP contribution in [0.15, 0.2) is 0 Å². The van der Waals surface area contributed by atoms with E-state index in [0.717, 1.165) is 42.4 Å². The van der Waals surface area contributed by atoms with Gasteiger partial charge < -0.3 is 4.74 Å². The summed E-state index contributed by atoms with van der Waals surface area (Å²) >= 11 is 0. The molecule has 4 saturated carbocycles. The minimum absolute atomic E-state index is 0.0703. The molecule has 8 atom stereocenters. The van der Waals surface area contributed by atoms with Crippen molar-refractivity contribution in [1.82, 2.24) is 0 Å². The second-order valence-electron chi connectivity index (χ2n) is 14.1. The fraction of sp³-hybridized carbons (Fsp3) is 0.963. The number of hydrogen-bond acceptors (Lipinski definition) is 2. The van der Waals surface area contributed by atoms with Crippen LogP contribution < -0.4 is 0 Å². The first-order valence-electron chi connectivity index (χ1n) is 12.4. The highest BCUT2D eigenvalue weighted by atomic mass is 16.6. The summed E-state index contributed by atoms with van der Waals surface area (Å²) in [5.41, 5.74) is -0.723. The number of fused-ring (bicyclic) bond motifs is 9. The van der Waals surface area contributed by atoms with Gasteiger partial charge in [0.25, 0.3) is 0 Å². The highest BCUT2D eigenvalue weighted by Gasteiger charge is 2.69. The van der Waals surface area contributed by atoms with Crippen molar-refractivity contribution in [3.8, 4) is 0 Å². The van der Waals surface area contributed by atoms with Gasteiger partial charge in [-0.2, -0.15) is 0 Å². The molecule has 0 spiro atoms. The van der Waals surface area contributed by atoms with Crippen LogP contribution in [0.5, 0.6) is 0 Å².